The Hall–Kier alpha value is -1.99. The summed E-state index contributed by atoms with van der Waals surface area (Å²) >= 11 is 3.04. The summed E-state index contributed by atoms with van der Waals surface area (Å²) < 4.78 is 5.25. The number of carbonyl (C=O) groups excluding carboxylic acids is 1. The van der Waals surface area contributed by atoms with Gasteiger partial charge < -0.3 is 9.84 Å². The average Bonchev–Trinajstić information content (AvgIpc) is 3.16. The molecule has 1 amide bonds. The van der Waals surface area contributed by atoms with Crippen LogP contribution >= 0.6 is 22.7 Å². The Balaban J connectivity index is 1.63. The van der Waals surface area contributed by atoms with E-state index < -0.39 is 0 Å². The maximum Gasteiger partial charge on any atom is 0.271 e. The van der Waals surface area contributed by atoms with Gasteiger partial charge in [-0.15, -0.1) is 22.7 Å². The molecule has 0 saturated carbocycles. The van der Waals surface area contributed by atoms with Crippen LogP contribution in [0.3, 0.4) is 0 Å². The second-order valence-electron chi connectivity index (χ2n) is 4.09. The zero-order valence-electron chi connectivity index (χ0n) is 10.6. The Kier molecular flexibility index (Phi) is 3.62. The van der Waals surface area contributed by atoms with Crippen LogP contribution in [0.25, 0.3) is 10.6 Å². The minimum absolute atomic E-state index is 0.199. The molecule has 0 bridgehead atoms. The molecule has 3 aromatic rings. The summed E-state index contributed by atoms with van der Waals surface area (Å²) in [5, 5.41) is 11.3. The quantitative estimate of drug-likeness (QED) is 0.804. The molecule has 0 aliphatic rings. The number of thiazole rings is 1. The van der Waals surface area contributed by atoms with Gasteiger partial charge >= 0.3 is 0 Å². The van der Waals surface area contributed by atoms with Gasteiger partial charge in [0.25, 0.3) is 5.91 Å². The van der Waals surface area contributed by atoms with Crippen molar-refractivity contribution in [2.75, 3.05) is 0 Å². The highest BCUT2D eigenvalue weighted by Crippen LogP contribution is 2.25. The van der Waals surface area contributed by atoms with Crippen LogP contribution in [0.15, 0.2) is 33.5 Å². The summed E-state index contributed by atoms with van der Waals surface area (Å²) in [7, 11) is 0. The number of nitrogens with one attached hydrogen (secondary N) is 1. The first-order valence-corrected chi connectivity index (χ1v) is 7.68. The normalized spacial score (nSPS) is 10.7. The molecule has 3 rings (SSSR count). The van der Waals surface area contributed by atoms with Gasteiger partial charge in [-0.05, 0) is 18.4 Å². The fourth-order valence-corrected chi connectivity index (χ4v) is 2.93. The molecule has 0 aromatic carbocycles. The first-order chi connectivity index (χ1) is 9.72. The van der Waals surface area contributed by atoms with Crippen LogP contribution in [-0.4, -0.2) is 16.0 Å². The van der Waals surface area contributed by atoms with Crippen LogP contribution in [-0.2, 0) is 6.54 Å². The minimum Gasteiger partial charge on any atom is -0.355 e. The van der Waals surface area contributed by atoms with Gasteiger partial charge in [0.05, 0.1) is 16.4 Å². The van der Waals surface area contributed by atoms with Gasteiger partial charge in [0, 0.05) is 11.4 Å². The van der Waals surface area contributed by atoms with Crippen molar-refractivity contribution in [3.8, 4) is 10.6 Å². The summed E-state index contributed by atoms with van der Waals surface area (Å²) in [6.07, 6.45) is 0. The summed E-state index contributed by atoms with van der Waals surface area (Å²) in [5.74, 6) is 0.517. The third-order valence-electron chi connectivity index (χ3n) is 2.60. The minimum atomic E-state index is -0.199. The van der Waals surface area contributed by atoms with Gasteiger partial charge in [0.2, 0.25) is 0 Å². The van der Waals surface area contributed by atoms with Crippen LogP contribution in [0.5, 0.6) is 0 Å². The number of aromatic nitrogens is 2. The highest BCUT2D eigenvalue weighted by Gasteiger charge is 2.11. The standard InChI is InChI=1S/C13H11N3O2S2/c1-8-15-10(7-20-8)13(17)14-6-9-5-11(18-16-9)12-3-2-4-19-12/h2-5,7H,6H2,1H3,(H,14,17). The molecule has 0 fully saturated rings. The maximum atomic E-state index is 11.8. The number of amides is 1. The van der Waals surface area contributed by atoms with E-state index in [0.717, 1.165) is 9.88 Å². The molecule has 5 nitrogen and oxygen atoms in total. The molecule has 7 heteroatoms. The molecule has 20 heavy (non-hydrogen) atoms. The van der Waals surface area contributed by atoms with E-state index in [2.05, 4.69) is 15.5 Å². The summed E-state index contributed by atoms with van der Waals surface area (Å²) in [4.78, 5) is 17.0. The molecule has 3 heterocycles. The predicted molar refractivity (Wildman–Crippen MR) is 77.8 cm³/mol. The van der Waals surface area contributed by atoms with Crippen molar-refractivity contribution in [1.82, 2.24) is 15.5 Å². The molecule has 0 atom stereocenters. The van der Waals surface area contributed by atoms with Crippen molar-refractivity contribution in [2.45, 2.75) is 13.5 Å². The third kappa shape index (κ3) is 2.78. The SMILES string of the molecule is Cc1nc(C(=O)NCc2cc(-c3cccs3)on2)cs1. The lowest BCUT2D eigenvalue weighted by molar-refractivity contribution is 0.0945. The van der Waals surface area contributed by atoms with Crippen molar-refractivity contribution in [3.05, 3.63) is 45.4 Å². The Labute approximate surface area is 123 Å². The van der Waals surface area contributed by atoms with Crippen LogP contribution < -0.4 is 5.32 Å². The number of aryl methyl sites for hydroxylation is 1. The second-order valence-corrected chi connectivity index (χ2v) is 6.10. The van der Waals surface area contributed by atoms with E-state index in [1.54, 1.807) is 16.7 Å². The lowest BCUT2D eigenvalue weighted by atomic mass is 10.3. The lowest BCUT2D eigenvalue weighted by Crippen LogP contribution is -2.23. The number of nitrogens with zero attached hydrogens (tertiary/aromatic N) is 2. The van der Waals surface area contributed by atoms with Crippen molar-refractivity contribution >= 4 is 28.6 Å². The number of hydrogen-bond donors (Lipinski definition) is 1. The Morgan fingerprint density at radius 2 is 2.35 bits per heavy atom. The molecule has 102 valence electrons. The van der Waals surface area contributed by atoms with Gasteiger partial charge in [-0.1, -0.05) is 11.2 Å². The zero-order chi connectivity index (χ0) is 13.9. The number of carbonyl (C=O) groups is 1. The summed E-state index contributed by atoms with van der Waals surface area (Å²) in [6, 6.07) is 5.75. The molecular formula is C13H11N3O2S2. The molecule has 0 saturated heterocycles. The van der Waals surface area contributed by atoms with Gasteiger partial charge in [-0.25, -0.2) is 4.98 Å². The molecule has 1 N–H and O–H groups in total. The molecule has 3 aromatic heterocycles. The topological polar surface area (TPSA) is 68.0 Å². The van der Waals surface area contributed by atoms with Crippen molar-refractivity contribution in [2.24, 2.45) is 0 Å². The van der Waals surface area contributed by atoms with E-state index >= 15 is 0 Å². The summed E-state index contributed by atoms with van der Waals surface area (Å²) in [5.41, 5.74) is 1.13. The first-order valence-electron chi connectivity index (χ1n) is 5.92. The van der Waals surface area contributed by atoms with Gasteiger partial charge in [0.15, 0.2) is 5.76 Å². The van der Waals surface area contributed by atoms with Gasteiger partial charge in [-0.2, -0.15) is 0 Å². The highest BCUT2D eigenvalue weighted by atomic mass is 32.1. The van der Waals surface area contributed by atoms with Crippen LogP contribution in [0, 0.1) is 6.92 Å². The third-order valence-corrected chi connectivity index (χ3v) is 4.26. The van der Waals surface area contributed by atoms with Crippen LogP contribution in [0.4, 0.5) is 0 Å². The number of thiophene rings is 1. The van der Waals surface area contributed by atoms with E-state index in [0.29, 0.717) is 23.7 Å². The number of rotatable bonds is 4. The second kappa shape index (κ2) is 5.56. The Morgan fingerprint density at radius 1 is 1.45 bits per heavy atom. The Bertz CT molecular complexity index is 716. The largest absolute Gasteiger partial charge is 0.355 e. The fourth-order valence-electron chi connectivity index (χ4n) is 1.66. The predicted octanol–water partition coefficient (Wildman–Crippen LogP) is 3.10. The maximum absolute atomic E-state index is 11.8. The molecule has 0 spiro atoms. The molecule has 0 aliphatic heterocycles. The monoisotopic (exact) mass is 305 g/mol. The van der Waals surface area contributed by atoms with E-state index in [-0.39, 0.29) is 5.91 Å². The highest BCUT2D eigenvalue weighted by molar-refractivity contribution is 7.13. The molecule has 0 unspecified atom stereocenters. The average molecular weight is 305 g/mol. The lowest BCUT2D eigenvalue weighted by Gasteiger charge is -1.98. The number of hydrogen-bond acceptors (Lipinski definition) is 6. The van der Waals surface area contributed by atoms with Crippen LogP contribution in [0.1, 0.15) is 21.2 Å². The van der Waals surface area contributed by atoms with E-state index in [9.17, 15) is 4.79 Å². The van der Waals surface area contributed by atoms with Crippen molar-refractivity contribution < 1.29 is 9.32 Å². The van der Waals surface area contributed by atoms with Crippen molar-refractivity contribution in [3.63, 3.8) is 0 Å². The van der Waals surface area contributed by atoms with Crippen LogP contribution in [0.2, 0.25) is 0 Å². The van der Waals surface area contributed by atoms with E-state index in [1.807, 2.05) is 30.5 Å². The molecule has 0 aliphatic carbocycles. The van der Waals surface area contributed by atoms with Gasteiger partial charge in [-0.3, -0.25) is 4.79 Å². The van der Waals surface area contributed by atoms with Gasteiger partial charge in [0.1, 0.15) is 11.4 Å². The molecule has 0 radical (unpaired) electrons. The Morgan fingerprint density at radius 3 is 3.05 bits per heavy atom. The fraction of sp³-hybridized carbons (Fsp3) is 0.154. The first kappa shape index (κ1) is 13.0. The zero-order valence-corrected chi connectivity index (χ0v) is 12.3. The summed E-state index contributed by atoms with van der Waals surface area (Å²) in [6.45, 7) is 2.19. The smallest absolute Gasteiger partial charge is 0.271 e. The van der Waals surface area contributed by atoms with E-state index in [1.165, 1.54) is 11.3 Å². The molecular weight excluding hydrogens is 294 g/mol. The van der Waals surface area contributed by atoms with Crippen molar-refractivity contribution in [1.29, 1.82) is 0 Å². The van der Waals surface area contributed by atoms with E-state index in [4.69, 9.17) is 4.52 Å².